The van der Waals surface area contributed by atoms with Gasteiger partial charge in [-0.1, -0.05) is 5.16 Å². The SMILES string of the molecule is NC1(c2noc(C3CCCN(c4ncnc5sccc45)C3)n2)CCC1. The van der Waals surface area contributed by atoms with Gasteiger partial charge in [0.2, 0.25) is 5.89 Å². The molecule has 1 unspecified atom stereocenters. The molecule has 1 saturated heterocycles. The van der Waals surface area contributed by atoms with E-state index in [1.807, 2.05) is 0 Å². The Kier molecular flexibility index (Phi) is 3.49. The van der Waals surface area contributed by atoms with Crippen LogP contribution in [0.25, 0.3) is 10.2 Å². The van der Waals surface area contributed by atoms with Crippen LogP contribution in [0, 0.1) is 0 Å². The summed E-state index contributed by atoms with van der Waals surface area (Å²) in [5.41, 5.74) is 5.96. The van der Waals surface area contributed by atoms with Gasteiger partial charge in [-0.3, -0.25) is 0 Å². The molecule has 0 amide bonds. The quantitative estimate of drug-likeness (QED) is 0.771. The molecule has 0 radical (unpaired) electrons. The fourth-order valence-corrected chi connectivity index (χ4v) is 4.51. The Bertz CT molecular complexity index is 901. The summed E-state index contributed by atoms with van der Waals surface area (Å²) in [7, 11) is 0. The lowest BCUT2D eigenvalue weighted by atomic mass is 9.77. The van der Waals surface area contributed by atoms with Crippen molar-refractivity contribution in [3.63, 3.8) is 0 Å². The van der Waals surface area contributed by atoms with Crippen molar-refractivity contribution in [3.8, 4) is 0 Å². The minimum atomic E-state index is -0.369. The van der Waals surface area contributed by atoms with E-state index in [2.05, 4.69) is 36.5 Å². The second-order valence-corrected chi connectivity index (χ2v) is 7.98. The predicted octanol–water partition coefficient (Wildman–Crippen LogP) is 2.80. The summed E-state index contributed by atoms with van der Waals surface area (Å²) in [4.78, 5) is 16.9. The lowest BCUT2D eigenvalue weighted by Crippen LogP contribution is -2.44. The smallest absolute Gasteiger partial charge is 0.231 e. The molecular formula is C17H20N6OS. The molecule has 25 heavy (non-hydrogen) atoms. The molecule has 5 rings (SSSR count). The molecule has 1 aliphatic carbocycles. The van der Waals surface area contributed by atoms with Gasteiger partial charge >= 0.3 is 0 Å². The third-order valence-corrected chi connectivity index (χ3v) is 6.26. The number of nitrogens with two attached hydrogens (primary N) is 1. The monoisotopic (exact) mass is 356 g/mol. The molecule has 2 aliphatic rings. The van der Waals surface area contributed by atoms with Gasteiger partial charge < -0.3 is 15.2 Å². The number of aromatic nitrogens is 4. The van der Waals surface area contributed by atoms with Crippen molar-refractivity contribution in [1.29, 1.82) is 0 Å². The van der Waals surface area contributed by atoms with E-state index < -0.39 is 0 Å². The Morgan fingerprint density at radius 1 is 1.28 bits per heavy atom. The van der Waals surface area contributed by atoms with E-state index in [1.165, 1.54) is 0 Å². The Balaban J connectivity index is 1.40. The zero-order valence-electron chi connectivity index (χ0n) is 13.9. The maximum atomic E-state index is 6.32. The number of hydrogen-bond acceptors (Lipinski definition) is 8. The maximum Gasteiger partial charge on any atom is 0.231 e. The summed E-state index contributed by atoms with van der Waals surface area (Å²) in [6.07, 6.45) is 6.80. The van der Waals surface area contributed by atoms with Crippen molar-refractivity contribution in [2.75, 3.05) is 18.0 Å². The van der Waals surface area contributed by atoms with Crippen molar-refractivity contribution in [3.05, 3.63) is 29.5 Å². The van der Waals surface area contributed by atoms with Gasteiger partial charge in [-0.25, -0.2) is 9.97 Å². The van der Waals surface area contributed by atoms with Crippen molar-refractivity contribution in [2.45, 2.75) is 43.6 Å². The summed E-state index contributed by atoms with van der Waals surface area (Å²) in [5.74, 6) is 2.62. The lowest BCUT2D eigenvalue weighted by molar-refractivity contribution is 0.228. The van der Waals surface area contributed by atoms with E-state index in [0.29, 0.717) is 11.7 Å². The van der Waals surface area contributed by atoms with Crippen LogP contribution < -0.4 is 10.6 Å². The number of thiophene rings is 1. The van der Waals surface area contributed by atoms with Crippen LogP contribution >= 0.6 is 11.3 Å². The van der Waals surface area contributed by atoms with Crippen LogP contribution in [0.5, 0.6) is 0 Å². The normalized spacial score (nSPS) is 22.9. The number of nitrogens with zero attached hydrogens (tertiary/aromatic N) is 5. The molecule has 0 bridgehead atoms. The second kappa shape index (κ2) is 5.74. The molecule has 1 saturated carbocycles. The average Bonchev–Trinajstić information content (AvgIpc) is 3.29. The minimum Gasteiger partial charge on any atom is -0.355 e. The highest BCUT2D eigenvalue weighted by Crippen LogP contribution is 2.38. The molecule has 3 aromatic rings. The van der Waals surface area contributed by atoms with Crippen molar-refractivity contribution >= 4 is 27.4 Å². The molecule has 130 valence electrons. The maximum absolute atomic E-state index is 6.32. The Labute approximate surface area is 149 Å². The van der Waals surface area contributed by atoms with Crippen LogP contribution in [0.3, 0.4) is 0 Å². The predicted molar refractivity (Wildman–Crippen MR) is 95.6 cm³/mol. The second-order valence-electron chi connectivity index (χ2n) is 7.09. The van der Waals surface area contributed by atoms with Gasteiger partial charge in [0.15, 0.2) is 5.82 Å². The van der Waals surface area contributed by atoms with Crippen LogP contribution in [0.2, 0.25) is 0 Å². The first kappa shape index (κ1) is 15.2. The largest absolute Gasteiger partial charge is 0.355 e. The van der Waals surface area contributed by atoms with Gasteiger partial charge in [0, 0.05) is 13.1 Å². The van der Waals surface area contributed by atoms with Crippen molar-refractivity contribution in [1.82, 2.24) is 20.1 Å². The molecule has 0 aromatic carbocycles. The third kappa shape index (κ3) is 2.51. The zero-order chi connectivity index (χ0) is 16.9. The van der Waals surface area contributed by atoms with E-state index in [-0.39, 0.29) is 11.5 Å². The number of anilines is 1. The molecule has 2 fully saturated rings. The summed E-state index contributed by atoms with van der Waals surface area (Å²) >= 11 is 1.65. The topological polar surface area (TPSA) is 94.0 Å². The van der Waals surface area contributed by atoms with Gasteiger partial charge in [-0.2, -0.15) is 4.98 Å². The molecule has 8 heteroatoms. The van der Waals surface area contributed by atoms with E-state index in [9.17, 15) is 0 Å². The highest BCUT2D eigenvalue weighted by Gasteiger charge is 2.40. The van der Waals surface area contributed by atoms with E-state index in [4.69, 9.17) is 10.3 Å². The fraction of sp³-hybridized carbons (Fsp3) is 0.529. The molecule has 1 aliphatic heterocycles. The van der Waals surface area contributed by atoms with Crippen LogP contribution in [-0.2, 0) is 5.54 Å². The van der Waals surface area contributed by atoms with Gasteiger partial charge in [0.1, 0.15) is 17.0 Å². The van der Waals surface area contributed by atoms with Gasteiger partial charge in [-0.15, -0.1) is 11.3 Å². The fourth-order valence-electron chi connectivity index (χ4n) is 3.78. The minimum absolute atomic E-state index is 0.224. The summed E-state index contributed by atoms with van der Waals surface area (Å²) in [6.45, 7) is 1.82. The summed E-state index contributed by atoms with van der Waals surface area (Å²) < 4.78 is 5.58. The van der Waals surface area contributed by atoms with Crippen LogP contribution in [0.15, 0.2) is 22.3 Å². The zero-order valence-corrected chi connectivity index (χ0v) is 14.7. The molecule has 4 heterocycles. The average molecular weight is 356 g/mol. The number of hydrogen-bond donors (Lipinski definition) is 1. The molecular weight excluding hydrogens is 336 g/mol. The Morgan fingerprint density at radius 3 is 3.04 bits per heavy atom. The van der Waals surface area contributed by atoms with Gasteiger partial charge in [0.25, 0.3) is 0 Å². The molecule has 7 nitrogen and oxygen atoms in total. The van der Waals surface area contributed by atoms with Crippen LogP contribution in [0.4, 0.5) is 5.82 Å². The highest BCUT2D eigenvalue weighted by atomic mass is 32.1. The van der Waals surface area contributed by atoms with Crippen LogP contribution in [-0.4, -0.2) is 33.2 Å². The standard InChI is InChI=1S/C17H20N6OS/c18-17(5-2-6-17)16-21-14(24-22-16)11-3-1-7-23(9-11)13-12-4-8-25-15(12)20-10-19-13/h4,8,10-11H,1-3,5-7,9,18H2. The number of rotatable bonds is 3. The number of piperidine rings is 1. The number of fused-ring (bicyclic) bond motifs is 1. The summed E-state index contributed by atoms with van der Waals surface area (Å²) in [5, 5.41) is 7.35. The molecule has 2 N–H and O–H groups in total. The first-order valence-electron chi connectivity index (χ1n) is 8.79. The third-order valence-electron chi connectivity index (χ3n) is 5.44. The first-order chi connectivity index (χ1) is 12.2. The molecule has 0 spiro atoms. The highest BCUT2D eigenvalue weighted by molar-refractivity contribution is 7.16. The van der Waals surface area contributed by atoms with Gasteiger partial charge in [-0.05, 0) is 43.6 Å². The van der Waals surface area contributed by atoms with E-state index in [1.54, 1.807) is 17.7 Å². The first-order valence-corrected chi connectivity index (χ1v) is 9.67. The molecule has 1 atom stereocenters. The van der Waals surface area contributed by atoms with Gasteiger partial charge in [0.05, 0.1) is 16.8 Å². The molecule has 3 aromatic heterocycles. The van der Waals surface area contributed by atoms with Crippen LogP contribution in [0.1, 0.15) is 49.7 Å². The Morgan fingerprint density at radius 2 is 2.20 bits per heavy atom. The Hall–Kier alpha value is -2.06. The lowest BCUT2D eigenvalue weighted by Gasteiger charge is -2.34. The summed E-state index contributed by atoms with van der Waals surface area (Å²) in [6, 6.07) is 2.10. The van der Waals surface area contributed by atoms with E-state index in [0.717, 1.165) is 61.2 Å². The van der Waals surface area contributed by atoms with Crippen molar-refractivity contribution < 1.29 is 4.52 Å². The van der Waals surface area contributed by atoms with Crippen molar-refractivity contribution in [2.24, 2.45) is 5.73 Å². The van der Waals surface area contributed by atoms with E-state index >= 15 is 0 Å².